The van der Waals surface area contributed by atoms with Crippen molar-refractivity contribution in [1.82, 2.24) is 14.5 Å². The van der Waals surface area contributed by atoms with Crippen molar-refractivity contribution in [2.45, 2.75) is 33.1 Å². The first-order valence-electron chi connectivity index (χ1n) is 10.6. The second-order valence-corrected chi connectivity index (χ2v) is 9.11. The van der Waals surface area contributed by atoms with Crippen LogP contribution >= 0.6 is 0 Å². The number of pyridine rings is 1. The molecule has 0 unspecified atom stereocenters. The van der Waals surface area contributed by atoms with E-state index in [0.29, 0.717) is 48.6 Å². The normalized spacial score (nSPS) is 17.7. The van der Waals surface area contributed by atoms with Crippen LogP contribution in [0.25, 0.3) is 16.6 Å². The fourth-order valence-corrected chi connectivity index (χ4v) is 4.93. The number of carbonyl (C=O) groups excluding carboxylic acids is 1. The molecule has 162 valence electrons. The second kappa shape index (κ2) is 7.12. The van der Waals surface area contributed by atoms with Crippen LogP contribution in [0.3, 0.4) is 0 Å². The number of rotatable bonds is 3. The molecular formula is C24H25F2N3O2. The number of hydrogen-bond donors (Lipinski definition) is 0. The van der Waals surface area contributed by atoms with Crippen LogP contribution in [-0.4, -0.2) is 46.7 Å². The van der Waals surface area contributed by atoms with Gasteiger partial charge in [0.15, 0.2) is 0 Å². The van der Waals surface area contributed by atoms with Gasteiger partial charge in [0.25, 0.3) is 5.91 Å². The van der Waals surface area contributed by atoms with Crippen molar-refractivity contribution < 1.29 is 18.3 Å². The van der Waals surface area contributed by atoms with E-state index < -0.39 is 11.6 Å². The third kappa shape index (κ3) is 3.05. The van der Waals surface area contributed by atoms with Gasteiger partial charge in [-0.1, -0.05) is 19.9 Å². The van der Waals surface area contributed by atoms with Crippen molar-refractivity contribution in [2.24, 2.45) is 5.41 Å². The molecular weight excluding hydrogens is 400 g/mol. The minimum Gasteiger partial charge on any atom is -0.380 e. The summed E-state index contributed by atoms with van der Waals surface area (Å²) >= 11 is 0. The average Bonchev–Trinajstić information content (AvgIpc) is 3.28. The van der Waals surface area contributed by atoms with Gasteiger partial charge in [-0.15, -0.1) is 0 Å². The van der Waals surface area contributed by atoms with Gasteiger partial charge >= 0.3 is 0 Å². The van der Waals surface area contributed by atoms with Gasteiger partial charge in [0.1, 0.15) is 11.6 Å². The Balaban J connectivity index is 1.64. The Morgan fingerprint density at radius 1 is 1.13 bits per heavy atom. The highest BCUT2D eigenvalue weighted by Gasteiger charge is 2.46. The molecule has 0 saturated carbocycles. The molecule has 1 aromatic carbocycles. The van der Waals surface area contributed by atoms with Crippen LogP contribution in [0.5, 0.6) is 0 Å². The largest absolute Gasteiger partial charge is 0.380 e. The molecule has 2 aliphatic heterocycles. The summed E-state index contributed by atoms with van der Waals surface area (Å²) in [6.07, 6.45) is 0.954. The zero-order valence-electron chi connectivity index (χ0n) is 17.9. The first-order valence-corrected chi connectivity index (χ1v) is 10.6. The molecule has 0 N–H and O–H groups in total. The van der Waals surface area contributed by atoms with E-state index in [4.69, 9.17) is 4.74 Å². The first-order chi connectivity index (χ1) is 14.8. The number of carbonyl (C=O) groups is 1. The summed E-state index contributed by atoms with van der Waals surface area (Å²) in [5.41, 5.74) is 2.88. The zero-order chi connectivity index (χ0) is 21.9. The van der Waals surface area contributed by atoms with Gasteiger partial charge in [-0.05, 0) is 43.5 Å². The van der Waals surface area contributed by atoms with Crippen LogP contribution < -0.4 is 0 Å². The molecule has 2 aliphatic rings. The summed E-state index contributed by atoms with van der Waals surface area (Å²) in [5, 5.41) is 4.61. The minimum atomic E-state index is -0.630. The maximum absolute atomic E-state index is 14.6. The van der Waals surface area contributed by atoms with E-state index in [-0.39, 0.29) is 22.8 Å². The van der Waals surface area contributed by atoms with E-state index in [1.165, 1.54) is 18.2 Å². The summed E-state index contributed by atoms with van der Waals surface area (Å²) < 4.78 is 36.2. The molecule has 2 fully saturated rings. The van der Waals surface area contributed by atoms with Gasteiger partial charge in [-0.3, -0.25) is 4.79 Å². The zero-order valence-corrected chi connectivity index (χ0v) is 17.9. The van der Waals surface area contributed by atoms with Gasteiger partial charge in [0.05, 0.1) is 41.2 Å². The lowest BCUT2D eigenvalue weighted by molar-refractivity contribution is -0.103. The van der Waals surface area contributed by atoms with Gasteiger partial charge in [-0.25, -0.2) is 13.3 Å². The summed E-state index contributed by atoms with van der Waals surface area (Å²) in [6, 6.07) is 7.37. The average molecular weight is 425 g/mol. The van der Waals surface area contributed by atoms with Crippen LogP contribution in [0.1, 0.15) is 47.9 Å². The molecule has 2 saturated heterocycles. The van der Waals surface area contributed by atoms with Gasteiger partial charge in [0.2, 0.25) is 0 Å². The Labute approximate surface area is 179 Å². The Morgan fingerprint density at radius 3 is 2.42 bits per heavy atom. The lowest BCUT2D eigenvalue weighted by atomic mass is 9.85. The van der Waals surface area contributed by atoms with E-state index in [1.54, 1.807) is 23.6 Å². The topological polar surface area (TPSA) is 46.8 Å². The van der Waals surface area contributed by atoms with Gasteiger partial charge in [-0.2, -0.15) is 5.10 Å². The monoisotopic (exact) mass is 425 g/mol. The molecule has 0 atom stereocenters. The number of halogens is 2. The predicted octanol–water partition coefficient (Wildman–Crippen LogP) is 4.57. The highest BCUT2D eigenvalue weighted by atomic mass is 19.1. The summed E-state index contributed by atoms with van der Waals surface area (Å²) in [5.74, 6) is -1.30. The Kier molecular flexibility index (Phi) is 4.62. The Bertz CT molecular complexity index is 1180. The molecule has 7 heteroatoms. The molecule has 0 bridgehead atoms. The molecule has 31 heavy (non-hydrogen) atoms. The molecule has 1 amide bonds. The number of fused-ring (bicyclic) bond motifs is 1. The van der Waals surface area contributed by atoms with Crippen molar-refractivity contribution in [3.05, 3.63) is 58.9 Å². The maximum atomic E-state index is 14.6. The second-order valence-electron chi connectivity index (χ2n) is 9.11. The van der Waals surface area contributed by atoms with E-state index in [0.717, 1.165) is 12.1 Å². The number of likely N-dealkylation sites (tertiary alicyclic amines) is 1. The number of aromatic nitrogens is 2. The van der Waals surface area contributed by atoms with Crippen LogP contribution in [0.15, 0.2) is 30.3 Å². The number of amides is 1. The third-order valence-electron chi connectivity index (χ3n) is 6.54. The smallest absolute Gasteiger partial charge is 0.255 e. The van der Waals surface area contributed by atoms with Crippen LogP contribution in [0.4, 0.5) is 8.78 Å². The first kappa shape index (κ1) is 20.1. The predicted molar refractivity (Wildman–Crippen MR) is 113 cm³/mol. The quantitative estimate of drug-likeness (QED) is 0.617. The third-order valence-corrected chi connectivity index (χ3v) is 6.54. The number of ether oxygens (including phenoxy) is 1. The minimum absolute atomic E-state index is 0.0103. The van der Waals surface area contributed by atoms with E-state index in [2.05, 4.69) is 5.10 Å². The molecule has 1 spiro atoms. The number of benzene rings is 1. The van der Waals surface area contributed by atoms with Crippen LogP contribution in [0.2, 0.25) is 0 Å². The van der Waals surface area contributed by atoms with Crippen molar-refractivity contribution in [3.63, 3.8) is 0 Å². The molecule has 4 heterocycles. The maximum Gasteiger partial charge on any atom is 0.255 e. The summed E-state index contributed by atoms with van der Waals surface area (Å²) in [4.78, 5) is 15.3. The van der Waals surface area contributed by atoms with Crippen LogP contribution in [-0.2, 0) is 4.74 Å². The molecule has 5 rings (SSSR count). The highest BCUT2D eigenvalue weighted by Crippen LogP contribution is 2.39. The van der Waals surface area contributed by atoms with Gasteiger partial charge < -0.3 is 9.64 Å². The van der Waals surface area contributed by atoms with E-state index in [9.17, 15) is 13.6 Å². The number of hydrogen-bond acceptors (Lipinski definition) is 3. The van der Waals surface area contributed by atoms with Crippen molar-refractivity contribution in [2.75, 3.05) is 26.3 Å². The highest BCUT2D eigenvalue weighted by molar-refractivity contribution is 5.97. The fourth-order valence-electron chi connectivity index (χ4n) is 4.93. The molecule has 5 nitrogen and oxygen atoms in total. The number of nitrogens with zero attached hydrogens (tertiary/aromatic N) is 3. The lowest BCUT2D eigenvalue weighted by Gasteiger charge is -2.37. The van der Waals surface area contributed by atoms with E-state index in [1.807, 2.05) is 18.7 Å². The summed E-state index contributed by atoms with van der Waals surface area (Å²) in [7, 11) is 0. The van der Waals surface area contributed by atoms with Gasteiger partial charge in [0, 0.05) is 24.1 Å². The molecule has 2 aromatic heterocycles. The number of aryl methyl sites for hydroxylation is 1. The Morgan fingerprint density at radius 2 is 1.84 bits per heavy atom. The standard InChI is InChI=1S/C24H25F2N3O2/c1-14(2)22-16(23(30)28-10-9-24(11-28)12-31-13-24)7-8-19-20(15(3)27-29(19)22)21-17(25)5-4-6-18(21)26/h4-8,14H,9-13H2,1-3H3. The molecule has 0 aliphatic carbocycles. The molecule has 0 radical (unpaired) electrons. The lowest BCUT2D eigenvalue weighted by Crippen LogP contribution is -2.45. The van der Waals surface area contributed by atoms with Crippen molar-refractivity contribution in [1.29, 1.82) is 0 Å². The van der Waals surface area contributed by atoms with Crippen molar-refractivity contribution >= 4 is 11.4 Å². The Hall–Kier alpha value is -2.80. The van der Waals surface area contributed by atoms with E-state index >= 15 is 0 Å². The SMILES string of the molecule is Cc1nn2c(C(C)C)c(C(=O)N3CCC4(COC4)C3)ccc2c1-c1c(F)cccc1F. The van der Waals surface area contributed by atoms with Crippen LogP contribution in [0, 0.1) is 24.0 Å². The fraction of sp³-hybridized carbons (Fsp3) is 0.417. The van der Waals surface area contributed by atoms with Crippen molar-refractivity contribution in [3.8, 4) is 11.1 Å². The molecule has 3 aromatic rings. The summed E-state index contributed by atoms with van der Waals surface area (Å²) in [6.45, 7) is 8.56.